The van der Waals surface area contributed by atoms with Crippen LogP contribution in [0.3, 0.4) is 0 Å². The maximum atomic E-state index is 12.8. The Balaban J connectivity index is 0.000000913. The summed E-state index contributed by atoms with van der Waals surface area (Å²) in [5.41, 5.74) is 10.1. The molecule has 0 spiro atoms. The number of nitrogen functional groups attached to an aromatic ring is 1. The van der Waals surface area contributed by atoms with Crippen LogP contribution in [0.5, 0.6) is 11.5 Å². The zero-order valence-electron chi connectivity index (χ0n) is 18.0. The number of nitrogens with two attached hydrogens (primary N) is 1. The molecular formula is C24H25N3O5. The largest absolute Gasteiger partial charge is 0.492 e. The van der Waals surface area contributed by atoms with Gasteiger partial charge in [-0.25, -0.2) is 0 Å². The molecule has 1 atom stereocenters. The van der Waals surface area contributed by atoms with Gasteiger partial charge in [-0.2, -0.15) is 9.59 Å². The Morgan fingerprint density at radius 1 is 1.28 bits per heavy atom. The summed E-state index contributed by atoms with van der Waals surface area (Å²) < 4.78 is 11.7. The van der Waals surface area contributed by atoms with Gasteiger partial charge in [0.1, 0.15) is 18.1 Å². The Labute approximate surface area is 185 Å². The number of anilines is 1. The molecule has 0 saturated heterocycles. The fourth-order valence-electron chi connectivity index (χ4n) is 3.67. The van der Waals surface area contributed by atoms with Crippen LogP contribution in [0.2, 0.25) is 0 Å². The van der Waals surface area contributed by atoms with Crippen molar-refractivity contribution in [1.82, 2.24) is 10.3 Å². The van der Waals surface area contributed by atoms with E-state index in [9.17, 15) is 4.79 Å². The number of benzene rings is 2. The normalized spacial score (nSPS) is 12.9. The van der Waals surface area contributed by atoms with Gasteiger partial charge < -0.3 is 20.5 Å². The van der Waals surface area contributed by atoms with Crippen LogP contribution in [0.25, 0.3) is 10.9 Å². The van der Waals surface area contributed by atoms with Gasteiger partial charge in [0.2, 0.25) is 0 Å². The number of amides is 1. The van der Waals surface area contributed by atoms with Crippen molar-refractivity contribution >= 4 is 28.6 Å². The summed E-state index contributed by atoms with van der Waals surface area (Å²) in [7, 11) is 0. The van der Waals surface area contributed by atoms with Gasteiger partial charge in [-0.1, -0.05) is 18.2 Å². The molecule has 1 aliphatic rings. The lowest BCUT2D eigenvalue weighted by atomic mass is 10.0. The van der Waals surface area contributed by atoms with Crippen molar-refractivity contribution in [2.75, 3.05) is 18.9 Å². The number of hydrogen-bond acceptors (Lipinski definition) is 7. The van der Waals surface area contributed by atoms with E-state index in [0.29, 0.717) is 36.0 Å². The van der Waals surface area contributed by atoms with Crippen LogP contribution in [0.15, 0.2) is 42.5 Å². The molecule has 32 heavy (non-hydrogen) atoms. The smallest absolute Gasteiger partial charge is 0.373 e. The van der Waals surface area contributed by atoms with Crippen molar-refractivity contribution in [2.24, 2.45) is 0 Å². The Kier molecular flexibility index (Phi) is 7.41. The molecule has 166 valence electrons. The van der Waals surface area contributed by atoms with Gasteiger partial charge in [0.15, 0.2) is 0 Å². The summed E-state index contributed by atoms with van der Waals surface area (Å²) in [5.74, 6) is 1.20. The summed E-state index contributed by atoms with van der Waals surface area (Å²) in [6.45, 7) is 4.78. The molecule has 1 aliphatic heterocycles. The van der Waals surface area contributed by atoms with Crippen molar-refractivity contribution < 1.29 is 23.9 Å². The van der Waals surface area contributed by atoms with Crippen molar-refractivity contribution in [2.45, 2.75) is 32.7 Å². The molecule has 8 heteroatoms. The molecule has 2 aromatic carbocycles. The van der Waals surface area contributed by atoms with Crippen molar-refractivity contribution in [3.05, 3.63) is 59.3 Å². The zero-order chi connectivity index (χ0) is 23.1. The minimum atomic E-state index is -0.197. The minimum absolute atomic E-state index is 0.158. The van der Waals surface area contributed by atoms with E-state index >= 15 is 0 Å². The van der Waals surface area contributed by atoms with Gasteiger partial charge >= 0.3 is 6.15 Å². The zero-order valence-corrected chi connectivity index (χ0v) is 18.0. The SMILES string of the molecule is Cc1cc(N)c2c(OCC(C)NC(=O)c3cccc4c3OCCC4)cccc2n1.O=C=O. The highest BCUT2D eigenvalue weighted by molar-refractivity contribution is 5.98. The molecule has 0 saturated carbocycles. The number of aromatic nitrogens is 1. The van der Waals surface area contributed by atoms with Gasteiger partial charge in [-0.15, -0.1) is 0 Å². The first kappa shape index (κ1) is 22.8. The van der Waals surface area contributed by atoms with E-state index in [1.54, 1.807) is 6.07 Å². The van der Waals surface area contributed by atoms with E-state index in [-0.39, 0.29) is 18.1 Å². The molecule has 0 fully saturated rings. The molecular weight excluding hydrogens is 410 g/mol. The van der Waals surface area contributed by atoms with Crippen LogP contribution in [0.1, 0.15) is 35.0 Å². The predicted octanol–water partition coefficient (Wildman–Crippen LogP) is 3.06. The van der Waals surface area contributed by atoms with Gasteiger partial charge in [-0.05, 0) is 56.5 Å². The number of ether oxygens (including phenoxy) is 2. The minimum Gasteiger partial charge on any atom is -0.492 e. The fraction of sp³-hybridized carbons (Fsp3) is 0.292. The van der Waals surface area contributed by atoms with Crippen molar-refractivity contribution in [3.8, 4) is 11.5 Å². The second kappa shape index (κ2) is 10.4. The van der Waals surface area contributed by atoms with Crippen LogP contribution < -0.4 is 20.5 Å². The topological polar surface area (TPSA) is 121 Å². The lowest BCUT2D eigenvalue weighted by molar-refractivity contribution is -0.191. The average Bonchev–Trinajstić information content (AvgIpc) is 2.77. The third-order valence-corrected chi connectivity index (χ3v) is 5.00. The summed E-state index contributed by atoms with van der Waals surface area (Å²) in [4.78, 5) is 33.5. The number of hydrogen-bond donors (Lipinski definition) is 2. The maximum Gasteiger partial charge on any atom is 0.373 e. The van der Waals surface area contributed by atoms with E-state index in [1.807, 2.05) is 50.2 Å². The second-order valence-corrected chi connectivity index (χ2v) is 7.52. The summed E-state index contributed by atoms with van der Waals surface area (Å²) in [6, 6.07) is 13.0. The Bertz CT molecular complexity index is 1160. The van der Waals surface area contributed by atoms with Gasteiger partial charge in [0.25, 0.3) is 5.91 Å². The number of nitrogens with zero attached hydrogens (tertiary/aromatic N) is 1. The highest BCUT2D eigenvalue weighted by Crippen LogP contribution is 2.31. The monoisotopic (exact) mass is 435 g/mol. The van der Waals surface area contributed by atoms with Crippen molar-refractivity contribution in [1.29, 1.82) is 0 Å². The van der Waals surface area contributed by atoms with E-state index in [0.717, 1.165) is 35.0 Å². The molecule has 1 unspecified atom stereocenters. The predicted molar refractivity (Wildman–Crippen MR) is 119 cm³/mol. The summed E-state index contributed by atoms with van der Waals surface area (Å²) in [5, 5.41) is 3.79. The van der Waals surface area contributed by atoms with Gasteiger partial charge in [-0.3, -0.25) is 9.78 Å². The van der Waals surface area contributed by atoms with Gasteiger partial charge in [0.05, 0.1) is 29.1 Å². The van der Waals surface area contributed by atoms with Gasteiger partial charge in [0, 0.05) is 11.4 Å². The third kappa shape index (κ3) is 5.22. The standard InChI is InChI=1S/C23H25N3O3.CO2/c1-14-12-18(24)21-19(25-14)9-4-10-20(21)29-13-15(2)26-23(27)17-8-3-6-16-7-5-11-28-22(16)17;2-1-3/h3-4,6,8-10,12,15H,5,7,11,13H2,1-2H3,(H2,24,25)(H,26,27);. The molecule has 0 aliphatic carbocycles. The number of rotatable bonds is 5. The van der Waals surface area contributed by atoms with E-state index in [2.05, 4.69) is 10.3 Å². The van der Waals surface area contributed by atoms with Crippen LogP contribution in [0.4, 0.5) is 5.69 Å². The molecule has 3 N–H and O–H groups in total. The molecule has 2 heterocycles. The molecule has 0 bridgehead atoms. The number of nitrogens with one attached hydrogen (secondary N) is 1. The Morgan fingerprint density at radius 2 is 2.03 bits per heavy atom. The molecule has 1 amide bonds. The number of para-hydroxylation sites is 1. The lowest BCUT2D eigenvalue weighted by Gasteiger charge is -2.21. The molecule has 3 aromatic rings. The Hall–Kier alpha value is -3.90. The molecule has 0 radical (unpaired) electrons. The number of carbonyl (C=O) groups excluding carboxylic acids is 3. The average molecular weight is 435 g/mol. The first-order chi connectivity index (χ1) is 15.4. The summed E-state index contributed by atoms with van der Waals surface area (Å²) >= 11 is 0. The highest BCUT2D eigenvalue weighted by atomic mass is 16.5. The lowest BCUT2D eigenvalue weighted by Crippen LogP contribution is -2.37. The highest BCUT2D eigenvalue weighted by Gasteiger charge is 2.20. The second-order valence-electron chi connectivity index (χ2n) is 7.52. The van der Waals surface area contributed by atoms with E-state index in [1.165, 1.54) is 0 Å². The first-order valence-corrected chi connectivity index (χ1v) is 10.3. The molecule has 1 aromatic heterocycles. The number of aryl methyl sites for hydroxylation is 2. The fourth-order valence-corrected chi connectivity index (χ4v) is 3.67. The molecule has 4 rings (SSSR count). The molecule has 8 nitrogen and oxygen atoms in total. The van der Waals surface area contributed by atoms with Crippen LogP contribution >= 0.6 is 0 Å². The van der Waals surface area contributed by atoms with Crippen molar-refractivity contribution in [3.63, 3.8) is 0 Å². The quantitative estimate of drug-likeness (QED) is 0.632. The Morgan fingerprint density at radius 3 is 2.81 bits per heavy atom. The number of pyridine rings is 1. The van der Waals surface area contributed by atoms with E-state index in [4.69, 9.17) is 24.8 Å². The number of carbonyl (C=O) groups is 1. The van der Waals surface area contributed by atoms with Crippen LogP contribution in [0, 0.1) is 6.92 Å². The number of fused-ring (bicyclic) bond motifs is 2. The third-order valence-electron chi connectivity index (χ3n) is 5.00. The summed E-state index contributed by atoms with van der Waals surface area (Å²) in [6.07, 6.45) is 2.16. The first-order valence-electron chi connectivity index (χ1n) is 10.3. The van der Waals surface area contributed by atoms with Crippen LogP contribution in [-0.4, -0.2) is 36.3 Å². The maximum absolute atomic E-state index is 12.8. The van der Waals surface area contributed by atoms with Crippen LogP contribution in [-0.2, 0) is 16.0 Å². The van der Waals surface area contributed by atoms with E-state index < -0.39 is 0 Å².